The Morgan fingerprint density at radius 3 is 2.78 bits per heavy atom. The second kappa shape index (κ2) is 7.31. The standard InChI is InChI=1S/C16H20F3NO3/c1-11(10-22-2)15(21)20-7-8-23-14(9-20)12-5-3-4-6-13(12)16(17,18)19/h3-6,11,14H,7-10H2,1-2H3/t11-,14+/m0/s1. The molecule has 0 unspecified atom stereocenters. The maximum atomic E-state index is 13.1. The molecule has 0 aromatic heterocycles. The molecule has 2 atom stereocenters. The number of halogens is 3. The van der Waals surface area contributed by atoms with Crippen molar-refractivity contribution in [1.82, 2.24) is 4.90 Å². The van der Waals surface area contributed by atoms with Gasteiger partial charge in [-0.05, 0) is 11.6 Å². The number of carbonyl (C=O) groups is 1. The molecular formula is C16H20F3NO3. The van der Waals surface area contributed by atoms with E-state index in [1.54, 1.807) is 17.9 Å². The Hall–Kier alpha value is -1.60. The lowest BCUT2D eigenvalue weighted by molar-refractivity contribution is -0.146. The molecule has 23 heavy (non-hydrogen) atoms. The number of morpholine rings is 1. The first-order valence-electron chi connectivity index (χ1n) is 7.40. The summed E-state index contributed by atoms with van der Waals surface area (Å²) < 4.78 is 49.9. The molecule has 1 fully saturated rings. The lowest BCUT2D eigenvalue weighted by Crippen LogP contribution is -2.45. The highest BCUT2D eigenvalue weighted by Crippen LogP contribution is 2.36. The molecule has 1 aromatic carbocycles. The van der Waals surface area contributed by atoms with Gasteiger partial charge in [-0.2, -0.15) is 13.2 Å². The zero-order chi connectivity index (χ0) is 17.0. The van der Waals surface area contributed by atoms with Gasteiger partial charge in [-0.3, -0.25) is 4.79 Å². The highest BCUT2D eigenvalue weighted by atomic mass is 19.4. The monoisotopic (exact) mass is 331 g/mol. The maximum Gasteiger partial charge on any atom is 0.416 e. The van der Waals surface area contributed by atoms with Crippen molar-refractivity contribution in [3.05, 3.63) is 35.4 Å². The minimum Gasteiger partial charge on any atom is -0.384 e. The molecule has 0 aliphatic carbocycles. The fourth-order valence-electron chi connectivity index (χ4n) is 2.71. The summed E-state index contributed by atoms with van der Waals surface area (Å²) in [4.78, 5) is 13.9. The zero-order valence-corrected chi connectivity index (χ0v) is 13.1. The summed E-state index contributed by atoms with van der Waals surface area (Å²) in [7, 11) is 1.51. The van der Waals surface area contributed by atoms with Crippen LogP contribution in [0.25, 0.3) is 0 Å². The van der Waals surface area contributed by atoms with Crippen LogP contribution in [0.2, 0.25) is 0 Å². The van der Waals surface area contributed by atoms with Gasteiger partial charge in [0.2, 0.25) is 5.91 Å². The smallest absolute Gasteiger partial charge is 0.384 e. The number of hydrogen-bond donors (Lipinski definition) is 0. The van der Waals surface area contributed by atoms with E-state index >= 15 is 0 Å². The van der Waals surface area contributed by atoms with Gasteiger partial charge in [0.1, 0.15) is 6.10 Å². The van der Waals surface area contributed by atoms with Gasteiger partial charge in [-0.15, -0.1) is 0 Å². The molecule has 1 aromatic rings. The van der Waals surface area contributed by atoms with Gasteiger partial charge in [0, 0.05) is 13.7 Å². The van der Waals surface area contributed by atoms with E-state index in [0.717, 1.165) is 6.07 Å². The molecule has 4 nitrogen and oxygen atoms in total. The number of hydrogen-bond acceptors (Lipinski definition) is 3. The first-order valence-corrected chi connectivity index (χ1v) is 7.40. The molecule has 1 aliphatic heterocycles. The van der Waals surface area contributed by atoms with E-state index in [1.165, 1.54) is 19.2 Å². The SMILES string of the molecule is COC[C@H](C)C(=O)N1CCO[C@@H](c2ccccc2C(F)(F)F)C1. The Bertz CT molecular complexity index is 548. The molecule has 1 saturated heterocycles. The van der Waals surface area contributed by atoms with Crippen LogP contribution < -0.4 is 0 Å². The summed E-state index contributed by atoms with van der Waals surface area (Å²) in [6.07, 6.45) is -5.23. The summed E-state index contributed by atoms with van der Waals surface area (Å²) in [5.41, 5.74) is -0.652. The number of nitrogens with zero attached hydrogens (tertiary/aromatic N) is 1. The van der Waals surface area contributed by atoms with Crippen LogP contribution >= 0.6 is 0 Å². The van der Waals surface area contributed by atoms with E-state index in [1.807, 2.05) is 0 Å². The van der Waals surface area contributed by atoms with Crippen molar-refractivity contribution in [2.24, 2.45) is 5.92 Å². The summed E-state index contributed by atoms with van der Waals surface area (Å²) in [6.45, 7) is 2.71. The molecule has 0 spiro atoms. The van der Waals surface area contributed by atoms with Crippen molar-refractivity contribution in [2.75, 3.05) is 33.4 Å². The van der Waals surface area contributed by atoms with Crippen LogP contribution in [0.5, 0.6) is 0 Å². The quantitative estimate of drug-likeness (QED) is 0.852. The predicted molar refractivity (Wildman–Crippen MR) is 77.8 cm³/mol. The maximum absolute atomic E-state index is 13.1. The highest BCUT2D eigenvalue weighted by Gasteiger charge is 2.37. The van der Waals surface area contributed by atoms with Crippen molar-refractivity contribution in [3.8, 4) is 0 Å². The van der Waals surface area contributed by atoms with E-state index in [4.69, 9.17) is 9.47 Å². The van der Waals surface area contributed by atoms with Crippen molar-refractivity contribution in [1.29, 1.82) is 0 Å². The second-order valence-corrected chi connectivity index (χ2v) is 5.59. The topological polar surface area (TPSA) is 38.8 Å². The molecule has 0 radical (unpaired) electrons. The summed E-state index contributed by atoms with van der Waals surface area (Å²) in [6, 6.07) is 5.33. The molecule has 0 N–H and O–H groups in total. The fraction of sp³-hybridized carbons (Fsp3) is 0.562. The lowest BCUT2D eigenvalue weighted by atomic mass is 10.00. The largest absolute Gasteiger partial charge is 0.416 e. The number of carbonyl (C=O) groups excluding carboxylic acids is 1. The highest BCUT2D eigenvalue weighted by molar-refractivity contribution is 5.78. The lowest BCUT2D eigenvalue weighted by Gasteiger charge is -2.35. The molecule has 0 saturated carbocycles. The average Bonchev–Trinajstić information content (AvgIpc) is 2.53. The van der Waals surface area contributed by atoms with E-state index in [0.29, 0.717) is 6.54 Å². The third kappa shape index (κ3) is 4.23. The van der Waals surface area contributed by atoms with Crippen molar-refractivity contribution in [2.45, 2.75) is 19.2 Å². The van der Waals surface area contributed by atoms with Crippen LogP contribution in [0.15, 0.2) is 24.3 Å². The summed E-state index contributed by atoms with van der Waals surface area (Å²) in [5.74, 6) is -0.471. The number of benzene rings is 1. The first kappa shape index (κ1) is 17.7. The van der Waals surface area contributed by atoms with E-state index < -0.39 is 17.8 Å². The minimum atomic E-state index is -4.45. The fourth-order valence-corrected chi connectivity index (χ4v) is 2.71. The van der Waals surface area contributed by atoms with Crippen molar-refractivity contribution >= 4 is 5.91 Å². The molecule has 1 amide bonds. The Kier molecular flexibility index (Phi) is 5.64. The summed E-state index contributed by atoms with van der Waals surface area (Å²) >= 11 is 0. The molecule has 2 rings (SSSR count). The molecule has 7 heteroatoms. The number of ether oxygens (including phenoxy) is 2. The van der Waals surface area contributed by atoms with Gasteiger partial charge < -0.3 is 14.4 Å². The van der Waals surface area contributed by atoms with E-state index in [-0.39, 0.29) is 37.1 Å². The Morgan fingerprint density at radius 2 is 2.13 bits per heavy atom. The average molecular weight is 331 g/mol. The third-order valence-corrected chi connectivity index (χ3v) is 3.83. The number of amides is 1. The van der Waals surface area contributed by atoms with Crippen LogP contribution in [0, 0.1) is 5.92 Å². The van der Waals surface area contributed by atoms with E-state index in [9.17, 15) is 18.0 Å². The zero-order valence-electron chi connectivity index (χ0n) is 13.1. The van der Waals surface area contributed by atoms with Crippen LogP contribution in [-0.4, -0.2) is 44.2 Å². The van der Waals surface area contributed by atoms with Gasteiger partial charge in [-0.25, -0.2) is 0 Å². The van der Waals surface area contributed by atoms with Crippen LogP contribution in [0.4, 0.5) is 13.2 Å². The summed E-state index contributed by atoms with van der Waals surface area (Å²) in [5, 5.41) is 0. The molecular weight excluding hydrogens is 311 g/mol. The van der Waals surface area contributed by atoms with Crippen LogP contribution in [-0.2, 0) is 20.4 Å². The Morgan fingerprint density at radius 1 is 1.43 bits per heavy atom. The molecule has 0 bridgehead atoms. The van der Waals surface area contributed by atoms with Crippen LogP contribution in [0.3, 0.4) is 0 Å². The molecule has 1 aliphatic rings. The van der Waals surface area contributed by atoms with Gasteiger partial charge in [0.25, 0.3) is 0 Å². The van der Waals surface area contributed by atoms with Gasteiger partial charge in [-0.1, -0.05) is 25.1 Å². The van der Waals surface area contributed by atoms with Crippen LogP contribution in [0.1, 0.15) is 24.2 Å². The van der Waals surface area contributed by atoms with Crippen molar-refractivity contribution < 1.29 is 27.4 Å². The van der Waals surface area contributed by atoms with Gasteiger partial charge in [0.15, 0.2) is 0 Å². The molecule has 1 heterocycles. The Labute approximate surface area is 133 Å². The normalized spacial score (nSPS) is 20.4. The first-order chi connectivity index (χ1) is 10.8. The minimum absolute atomic E-state index is 0.0666. The van der Waals surface area contributed by atoms with Gasteiger partial charge >= 0.3 is 6.18 Å². The number of methoxy groups -OCH3 is 1. The van der Waals surface area contributed by atoms with Crippen molar-refractivity contribution in [3.63, 3.8) is 0 Å². The van der Waals surface area contributed by atoms with Gasteiger partial charge in [0.05, 0.1) is 31.2 Å². The predicted octanol–water partition coefficient (Wildman–Crippen LogP) is 2.89. The molecule has 128 valence electrons. The number of rotatable bonds is 4. The second-order valence-electron chi connectivity index (χ2n) is 5.59. The third-order valence-electron chi connectivity index (χ3n) is 3.83. The van der Waals surface area contributed by atoms with E-state index in [2.05, 4.69) is 0 Å². The number of alkyl halides is 3. The Balaban J connectivity index is 2.18.